The first-order valence-electron chi connectivity index (χ1n) is 10.6. The van der Waals surface area contributed by atoms with Gasteiger partial charge in [-0.05, 0) is 51.0 Å². The summed E-state index contributed by atoms with van der Waals surface area (Å²) in [5.74, 6) is 0.863. The molecule has 1 saturated carbocycles. The smallest absolute Gasteiger partial charge is 0.309 e. The Labute approximate surface area is 185 Å². The highest BCUT2D eigenvalue weighted by molar-refractivity contribution is 8.00. The molecular weight excluding hydrogens is 420 g/mol. The lowest BCUT2D eigenvalue weighted by Gasteiger charge is -2.32. The standard InChI is InChI=1S/C21H28N4O3S2/c1-3-28-20(27)15-8-10-24(11-9-15)19(26)14(2)30-21-23-22-18(25(21)16-6-7-16)13-17-5-4-12-29-17/h4-5,12,14-16H,3,6-11,13H2,1-2H3. The van der Waals surface area contributed by atoms with Crippen LogP contribution in [0.3, 0.4) is 0 Å². The summed E-state index contributed by atoms with van der Waals surface area (Å²) in [7, 11) is 0. The van der Waals surface area contributed by atoms with Crippen molar-refractivity contribution < 1.29 is 14.3 Å². The zero-order chi connectivity index (χ0) is 21.1. The third-order valence-corrected chi connectivity index (χ3v) is 7.54. The zero-order valence-electron chi connectivity index (χ0n) is 17.5. The van der Waals surface area contributed by atoms with E-state index < -0.39 is 0 Å². The van der Waals surface area contributed by atoms with Crippen molar-refractivity contribution >= 4 is 35.0 Å². The average molecular weight is 449 g/mol. The van der Waals surface area contributed by atoms with Crippen molar-refractivity contribution in [2.45, 2.75) is 62.4 Å². The molecule has 1 aliphatic carbocycles. The lowest BCUT2D eigenvalue weighted by atomic mass is 9.97. The summed E-state index contributed by atoms with van der Waals surface area (Å²) < 4.78 is 7.36. The van der Waals surface area contributed by atoms with Crippen molar-refractivity contribution in [3.05, 3.63) is 28.2 Å². The van der Waals surface area contributed by atoms with Crippen molar-refractivity contribution in [3.8, 4) is 0 Å². The van der Waals surface area contributed by atoms with E-state index in [4.69, 9.17) is 4.74 Å². The predicted molar refractivity (Wildman–Crippen MR) is 117 cm³/mol. The van der Waals surface area contributed by atoms with Gasteiger partial charge in [0, 0.05) is 30.4 Å². The van der Waals surface area contributed by atoms with E-state index >= 15 is 0 Å². The molecule has 2 aliphatic rings. The Hall–Kier alpha value is -1.87. The molecule has 2 fully saturated rings. The number of likely N-dealkylation sites (tertiary alicyclic amines) is 1. The third-order valence-electron chi connectivity index (χ3n) is 5.62. The molecule has 0 radical (unpaired) electrons. The largest absolute Gasteiger partial charge is 0.466 e. The Bertz CT molecular complexity index is 871. The Morgan fingerprint density at radius 1 is 1.27 bits per heavy atom. The van der Waals surface area contributed by atoms with Gasteiger partial charge < -0.3 is 14.2 Å². The van der Waals surface area contributed by atoms with E-state index in [0.717, 1.165) is 30.2 Å². The van der Waals surface area contributed by atoms with Crippen LogP contribution in [0.1, 0.15) is 56.3 Å². The zero-order valence-corrected chi connectivity index (χ0v) is 19.1. The SMILES string of the molecule is CCOC(=O)C1CCN(C(=O)C(C)Sc2nnc(Cc3cccs3)n2C2CC2)CC1. The molecule has 1 aliphatic heterocycles. The van der Waals surface area contributed by atoms with Gasteiger partial charge in [-0.25, -0.2) is 0 Å². The number of amides is 1. The van der Waals surface area contributed by atoms with E-state index in [0.29, 0.717) is 38.6 Å². The van der Waals surface area contributed by atoms with Gasteiger partial charge in [0.2, 0.25) is 5.91 Å². The number of carbonyl (C=O) groups excluding carboxylic acids is 2. The minimum absolute atomic E-state index is 0.0882. The van der Waals surface area contributed by atoms with Crippen LogP contribution in [0.4, 0.5) is 0 Å². The van der Waals surface area contributed by atoms with Crippen molar-refractivity contribution in [2.24, 2.45) is 5.92 Å². The number of thioether (sulfide) groups is 1. The van der Waals surface area contributed by atoms with Crippen LogP contribution in [0.5, 0.6) is 0 Å². The molecule has 0 bridgehead atoms. The summed E-state index contributed by atoms with van der Waals surface area (Å²) in [6.07, 6.45) is 4.42. The van der Waals surface area contributed by atoms with Gasteiger partial charge in [0.25, 0.3) is 0 Å². The molecule has 0 N–H and O–H groups in total. The quantitative estimate of drug-likeness (QED) is 0.454. The highest BCUT2D eigenvalue weighted by atomic mass is 32.2. The molecule has 2 aromatic rings. The van der Waals surface area contributed by atoms with Crippen molar-refractivity contribution in [2.75, 3.05) is 19.7 Å². The first-order chi connectivity index (χ1) is 14.6. The van der Waals surface area contributed by atoms with Crippen LogP contribution in [-0.4, -0.2) is 56.5 Å². The van der Waals surface area contributed by atoms with E-state index in [1.165, 1.54) is 16.6 Å². The number of esters is 1. The summed E-state index contributed by atoms with van der Waals surface area (Å²) in [6.45, 7) is 5.37. The molecule has 0 spiro atoms. The first kappa shape index (κ1) is 21.4. The number of hydrogen-bond donors (Lipinski definition) is 0. The number of nitrogens with zero attached hydrogens (tertiary/aromatic N) is 4. The lowest BCUT2D eigenvalue weighted by molar-refractivity contribution is -0.151. The van der Waals surface area contributed by atoms with Crippen LogP contribution < -0.4 is 0 Å². The molecule has 1 unspecified atom stereocenters. The maximum absolute atomic E-state index is 13.0. The van der Waals surface area contributed by atoms with E-state index in [1.54, 1.807) is 11.3 Å². The van der Waals surface area contributed by atoms with E-state index in [-0.39, 0.29) is 23.0 Å². The van der Waals surface area contributed by atoms with Gasteiger partial charge in [0.05, 0.1) is 17.8 Å². The van der Waals surface area contributed by atoms with Crippen LogP contribution in [0.15, 0.2) is 22.7 Å². The maximum atomic E-state index is 13.0. The molecule has 3 heterocycles. The van der Waals surface area contributed by atoms with Gasteiger partial charge >= 0.3 is 5.97 Å². The van der Waals surface area contributed by atoms with E-state index in [9.17, 15) is 9.59 Å². The number of ether oxygens (including phenoxy) is 1. The topological polar surface area (TPSA) is 77.3 Å². The molecular formula is C21H28N4O3S2. The molecule has 1 amide bonds. The number of carbonyl (C=O) groups is 2. The van der Waals surface area contributed by atoms with Crippen LogP contribution in [0.25, 0.3) is 0 Å². The molecule has 1 atom stereocenters. The van der Waals surface area contributed by atoms with Crippen LogP contribution in [0.2, 0.25) is 0 Å². The molecule has 1 saturated heterocycles. The van der Waals surface area contributed by atoms with Gasteiger partial charge in [-0.1, -0.05) is 17.8 Å². The molecule has 4 rings (SSSR count). The third kappa shape index (κ3) is 4.88. The van der Waals surface area contributed by atoms with Gasteiger partial charge in [0.1, 0.15) is 5.82 Å². The fourth-order valence-corrected chi connectivity index (χ4v) is 5.56. The Kier molecular flexibility index (Phi) is 6.77. The molecule has 7 nitrogen and oxygen atoms in total. The summed E-state index contributed by atoms with van der Waals surface area (Å²) in [4.78, 5) is 28.1. The first-order valence-corrected chi connectivity index (χ1v) is 12.4. The Balaban J connectivity index is 1.37. The lowest BCUT2D eigenvalue weighted by Crippen LogP contribution is -2.43. The molecule has 9 heteroatoms. The highest BCUT2D eigenvalue weighted by Gasteiger charge is 2.33. The number of hydrogen-bond acceptors (Lipinski definition) is 7. The monoisotopic (exact) mass is 448 g/mol. The molecule has 162 valence electrons. The molecule has 2 aromatic heterocycles. The van der Waals surface area contributed by atoms with Crippen molar-refractivity contribution in [1.29, 1.82) is 0 Å². The minimum atomic E-state index is -0.236. The van der Waals surface area contributed by atoms with Crippen molar-refractivity contribution in [1.82, 2.24) is 19.7 Å². The predicted octanol–water partition coefficient (Wildman–Crippen LogP) is 3.55. The fourth-order valence-electron chi connectivity index (χ4n) is 3.84. The number of thiophene rings is 1. The Morgan fingerprint density at radius 2 is 2.03 bits per heavy atom. The second kappa shape index (κ2) is 9.51. The van der Waals surface area contributed by atoms with Gasteiger partial charge in [-0.2, -0.15) is 0 Å². The summed E-state index contributed by atoms with van der Waals surface area (Å²) in [6, 6.07) is 4.63. The van der Waals surface area contributed by atoms with Crippen molar-refractivity contribution in [3.63, 3.8) is 0 Å². The summed E-state index contributed by atoms with van der Waals surface area (Å²) >= 11 is 3.23. The summed E-state index contributed by atoms with van der Waals surface area (Å²) in [5, 5.41) is 11.6. The normalized spacial score (nSPS) is 18.4. The number of aromatic nitrogens is 3. The second-order valence-corrected chi connectivity index (χ2v) is 10.2. The molecule has 30 heavy (non-hydrogen) atoms. The van der Waals surface area contributed by atoms with Gasteiger partial charge in [-0.15, -0.1) is 21.5 Å². The van der Waals surface area contributed by atoms with Gasteiger partial charge in [0.15, 0.2) is 5.16 Å². The highest BCUT2D eigenvalue weighted by Crippen LogP contribution is 2.40. The van der Waals surface area contributed by atoms with E-state index in [1.807, 2.05) is 18.7 Å². The Morgan fingerprint density at radius 3 is 2.67 bits per heavy atom. The minimum Gasteiger partial charge on any atom is -0.466 e. The number of rotatable bonds is 8. The van der Waals surface area contributed by atoms with Gasteiger partial charge in [-0.3, -0.25) is 9.59 Å². The maximum Gasteiger partial charge on any atom is 0.309 e. The van der Waals surface area contributed by atoms with E-state index in [2.05, 4.69) is 32.3 Å². The second-order valence-electron chi connectivity index (χ2n) is 7.87. The van der Waals surface area contributed by atoms with Crippen LogP contribution in [0, 0.1) is 5.92 Å². The fraction of sp³-hybridized carbons (Fsp3) is 0.619. The number of piperidine rings is 1. The summed E-state index contributed by atoms with van der Waals surface area (Å²) in [5.41, 5.74) is 0. The van der Waals surface area contributed by atoms with Crippen LogP contribution >= 0.6 is 23.1 Å². The average Bonchev–Trinajstić information content (AvgIpc) is 3.31. The molecule has 0 aromatic carbocycles. The van der Waals surface area contributed by atoms with Crippen LogP contribution in [-0.2, 0) is 20.7 Å².